The number of benzene rings is 2. The highest BCUT2D eigenvalue weighted by molar-refractivity contribution is 5.27. The van der Waals surface area contributed by atoms with Crippen molar-refractivity contribution in [3.8, 4) is 0 Å². The van der Waals surface area contributed by atoms with Gasteiger partial charge in [-0.15, -0.1) is 0 Å². The van der Waals surface area contributed by atoms with Gasteiger partial charge in [-0.05, 0) is 30.9 Å². The third-order valence-electron chi connectivity index (χ3n) is 3.03. The number of aliphatic hydroxyl groups is 2. The molecule has 0 saturated carbocycles. The summed E-state index contributed by atoms with van der Waals surface area (Å²) in [5.41, 5.74) is 4.26. The number of rotatable bonds is 4. The molecule has 0 radical (unpaired) electrons. The Morgan fingerprint density at radius 1 is 0.889 bits per heavy atom. The molecule has 2 heteroatoms. The standard InChI is InChI=1S/C16H18O2/c1-12-4-2-5-13(10-12)8-9-14-6-3-7-15(11-14)16(17)18/h2-7,10-11,16-18H,8-9H2,1H3. The summed E-state index contributed by atoms with van der Waals surface area (Å²) in [5.74, 6) is 0. The van der Waals surface area contributed by atoms with E-state index in [0.29, 0.717) is 5.56 Å². The van der Waals surface area contributed by atoms with Crippen LogP contribution in [0.15, 0.2) is 48.5 Å². The molecule has 0 aliphatic carbocycles. The minimum absolute atomic E-state index is 0.553. The van der Waals surface area contributed by atoms with E-state index in [1.807, 2.05) is 18.2 Å². The van der Waals surface area contributed by atoms with Crippen LogP contribution in [0.2, 0.25) is 0 Å². The topological polar surface area (TPSA) is 40.5 Å². The van der Waals surface area contributed by atoms with Gasteiger partial charge in [-0.2, -0.15) is 0 Å². The van der Waals surface area contributed by atoms with Gasteiger partial charge in [0.05, 0.1) is 0 Å². The Morgan fingerprint density at radius 2 is 1.50 bits per heavy atom. The second kappa shape index (κ2) is 5.80. The first kappa shape index (κ1) is 12.8. The van der Waals surface area contributed by atoms with Crippen molar-refractivity contribution in [2.24, 2.45) is 0 Å². The summed E-state index contributed by atoms with van der Waals surface area (Å²) in [5, 5.41) is 18.3. The van der Waals surface area contributed by atoms with Crippen LogP contribution in [-0.4, -0.2) is 10.2 Å². The normalized spacial score (nSPS) is 10.9. The number of hydrogen-bond donors (Lipinski definition) is 2. The molecule has 0 aliphatic heterocycles. The molecule has 2 rings (SSSR count). The van der Waals surface area contributed by atoms with E-state index in [4.69, 9.17) is 10.2 Å². The average molecular weight is 242 g/mol. The maximum absolute atomic E-state index is 9.13. The van der Waals surface area contributed by atoms with E-state index in [2.05, 4.69) is 31.2 Å². The molecular formula is C16H18O2. The van der Waals surface area contributed by atoms with E-state index >= 15 is 0 Å². The van der Waals surface area contributed by atoms with Crippen LogP contribution < -0.4 is 0 Å². The fourth-order valence-corrected chi connectivity index (χ4v) is 2.07. The van der Waals surface area contributed by atoms with E-state index in [-0.39, 0.29) is 0 Å². The molecule has 0 aromatic heterocycles. The Balaban J connectivity index is 2.04. The molecule has 2 aromatic rings. The van der Waals surface area contributed by atoms with Crippen molar-refractivity contribution >= 4 is 0 Å². The molecule has 0 unspecified atom stereocenters. The van der Waals surface area contributed by atoms with E-state index in [9.17, 15) is 0 Å². The lowest BCUT2D eigenvalue weighted by Gasteiger charge is -2.07. The summed E-state index contributed by atoms with van der Waals surface area (Å²) in [4.78, 5) is 0. The van der Waals surface area contributed by atoms with Crippen LogP contribution in [0.1, 0.15) is 28.5 Å². The highest BCUT2D eigenvalue weighted by Crippen LogP contribution is 2.14. The zero-order valence-electron chi connectivity index (χ0n) is 10.5. The molecule has 0 spiro atoms. The van der Waals surface area contributed by atoms with E-state index in [1.54, 1.807) is 6.07 Å². The summed E-state index contributed by atoms with van der Waals surface area (Å²) in [6, 6.07) is 15.9. The van der Waals surface area contributed by atoms with Crippen molar-refractivity contribution < 1.29 is 10.2 Å². The summed E-state index contributed by atoms with van der Waals surface area (Å²) in [6.45, 7) is 2.09. The SMILES string of the molecule is Cc1cccc(CCc2cccc(C(O)O)c2)c1. The minimum atomic E-state index is -1.39. The monoisotopic (exact) mass is 242 g/mol. The number of aliphatic hydroxyl groups excluding tert-OH is 1. The molecule has 0 saturated heterocycles. The molecule has 0 bridgehead atoms. The van der Waals surface area contributed by atoms with Crippen molar-refractivity contribution in [1.82, 2.24) is 0 Å². The highest BCUT2D eigenvalue weighted by Gasteiger charge is 2.03. The van der Waals surface area contributed by atoms with Crippen LogP contribution >= 0.6 is 0 Å². The number of aryl methyl sites for hydroxylation is 3. The smallest absolute Gasteiger partial charge is 0.178 e. The van der Waals surface area contributed by atoms with Gasteiger partial charge < -0.3 is 10.2 Å². The van der Waals surface area contributed by atoms with Gasteiger partial charge in [0.25, 0.3) is 0 Å². The van der Waals surface area contributed by atoms with Gasteiger partial charge in [-0.3, -0.25) is 0 Å². The van der Waals surface area contributed by atoms with Crippen molar-refractivity contribution in [2.75, 3.05) is 0 Å². The first-order chi connectivity index (χ1) is 8.65. The van der Waals surface area contributed by atoms with Crippen molar-refractivity contribution in [1.29, 1.82) is 0 Å². The van der Waals surface area contributed by atoms with E-state index in [1.165, 1.54) is 11.1 Å². The molecule has 0 fully saturated rings. The molecule has 0 amide bonds. The van der Waals surface area contributed by atoms with E-state index in [0.717, 1.165) is 18.4 Å². The van der Waals surface area contributed by atoms with Gasteiger partial charge in [0, 0.05) is 5.56 Å². The quantitative estimate of drug-likeness (QED) is 0.809. The zero-order chi connectivity index (χ0) is 13.0. The van der Waals surface area contributed by atoms with Crippen LogP contribution in [0.4, 0.5) is 0 Å². The molecular weight excluding hydrogens is 224 g/mol. The lowest BCUT2D eigenvalue weighted by Crippen LogP contribution is -1.97. The second-order valence-electron chi connectivity index (χ2n) is 4.61. The van der Waals surface area contributed by atoms with E-state index < -0.39 is 6.29 Å². The third-order valence-corrected chi connectivity index (χ3v) is 3.03. The Labute approximate surface area is 108 Å². The summed E-state index contributed by atoms with van der Waals surface area (Å²) >= 11 is 0. The molecule has 18 heavy (non-hydrogen) atoms. The molecule has 0 heterocycles. The lowest BCUT2D eigenvalue weighted by atomic mass is 10.0. The van der Waals surface area contributed by atoms with Gasteiger partial charge in [0.1, 0.15) is 0 Å². The molecule has 2 N–H and O–H groups in total. The Kier molecular flexibility index (Phi) is 4.13. The predicted octanol–water partition coefficient (Wildman–Crippen LogP) is 2.76. The van der Waals surface area contributed by atoms with Crippen molar-refractivity contribution in [3.05, 3.63) is 70.8 Å². The highest BCUT2D eigenvalue weighted by atomic mass is 16.5. The lowest BCUT2D eigenvalue weighted by molar-refractivity contribution is -0.0425. The molecule has 0 aliphatic rings. The van der Waals surface area contributed by atoms with Crippen LogP contribution in [0.3, 0.4) is 0 Å². The Bertz CT molecular complexity index is 518. The molecule has 2 nitrogen and oxygen atoms in total. The predicted molar refractivity (Wildman–Crippen MR) is 72.2 cm³/mol. The van der Waals surface area contributed by atoms with Gasteiger partial charge in [-0.1, -0.05) is 54.1 Å². The van der Waals surface area contributed by atoms with Crippen molar-refractivity contribution in [2.45, 2.75) is 26.1 Å². The second-order valence-corrected chi connectivity index (χ2v) is 4.61. The Morgan fingerprint density at radius 3 is 2.11 bits per heavy atom. The van der Waals surface area contributed by atoms with Gasteiger partial charge in [0.15, 0.2) is 6.29 Å². The first-order valence-corrected chi connectivity index (χ1v) is 6.15. The van der Waals surface area contributed by atoms with Crippen LogP contribution in [0, 0.1) is 6.92 Å². The maximum atomic E-state index is 9.13. The molecule has 0 atom stereocenters. The number of hydrogen-bond acceptors (Lipinski definition) is 2. The molecule has 2 aromatic carbocycles. The first-order valence-electron chi connectivity index (χ1n) is 6.15. The van der Waals surface area contributed by atoms with Crippen LogP contribution in [0.5, 0.6) is 0 Å². The van der Waals surface area contributed by atoms with Gasteiger partial charge in [0.2, 0.25) is 0 Å². The summed E-state index contributed by atoms with van der Waals surface area (Å²) < 4.78 is 0. The zero-order valence-corrected chi connectivity index (χ0v) is 10.5. The molecule has 94 valence electrons. The largest absolute Gasteiger partial charge is 0.364 e. The van der Waals surface area contributed by atoms with Crippen LogP contribution in [-0.2, 0) is 12.8 Å². The summed E-state index contributed by atoms with van der Waals surface area (Å²) in [7, 11) is 0. The average Bonchev–Trinajstić information content (AvgIpc) is 2.37. The maximum Gasteiger partial charge on any atom is 0.178 e. The van der Waals surface area contributed by atoms with Crippen molar-refractivity contribution in [3.63, 3.8) is 0 Å². The third kappa shape index (κ3) is 3.42. The Hall–Kier alpha value is -1.64. The van der Waals surface area contributed by atoms with Crippen LogP contribution in [0.25, 0.3) is 0 Å². The minimum Gasteiger partial charge on any atom is -0.364 e. The van der Waals surface area contributed by atoms with Gasteiger partial charge >= 0.3 is 0 Å². The summed E-state index contributed by atoms with van der Waals surface area (Å²) in [6.07, 6.45) is 0.486. The fourth-order valence-electron chi connectivity index (χ4n) is 2.07. The van der Waals surface area contributed by atoms with Gasteiger partial charge in [-0.25, -0.2) is 0 Å². The fraction of sp³-hybridized carbons (Fsp3) is 0.250.